The largest absolute Gasteiger partial charge is 0.491 e. The quantitative estimate of drug-likeness (QED) is 0.770. The number of nitrogens with one attached hydrogen (secondary N) is 1. The molecule has 1 aromatic rings. The Morgan fingerprint density at radius 1 is 1.27 bits per heavy atom. The van der Waals surface area contributed by atoms with Gasteiger partial charge in [0.1, 0.15) is 12.4 Å². The predicted octanol–water partition coefficient (Wildman–Crippen LogP) is 1.39. The summed E-state index contributed by atoms with van der Waals surface area (Å²) in [4.78, 5) is 0. The van der Waals surface area contributed by atoms with E-state index < -0.39 is 0 Å². The minimum atomic E-state index is 0.0527. The first kappa shape index (κ1) is 12.0. The molecular weight excluding hydrogens is 190 g/mol. The van der Waals surface area contributed by atoms with E-state index in [9.17, 15) is 0 Å². The van der Waals surface area contributed by atoms with Gasteiger partial charge in [-0.1, -0.05) is 12.1 Å². The molecule has 3 nitrogen and oxygen atoms in total. The monoisotopic (exact) mass is 209 g/mol. The van der Waals surface area contributed by atoms with Crippen molar-refractivity contribution in [1.29, 1.82) is 0 Å². The summed E-state index contributed by atoms with van der Waals surface area (Å²) >= 11 is 0. The molecule has 0 aliphatic heterocycles. The van der Waals surface area contributed by atoms with Crippen molar-refractivity contribution in [1.82, 2.24) is 5.32 Å². The van der Waals surface area contributed by atoms with Crippen molar-refractivity contribution in [3.63, 3.8) is 0 Å². The molecule has 2 N–H and O–H groups in total. The Morgan fingerprint density at radius 3 is 2.33 bits per heavy atom. The number of hydrogen-bond donors (Lipinski definition) is 2. The minimum absolute atomic E-state index is 0.0527. The molecule has 0 bridgehead atoms. The van der Waals surface area contributed by atoms with Crippen LogP contribution in [0.1, 0.15) is 16.7 Å². The summed E-state index contributed by atoms with van der Waals surface area (Å²) in [5.74, 6) is 0.893. The molecule has 15 heavy (non-hydrogen) atoms. The Hall–Kier alpha value is -1.06. The molecule has 0 atom stereocenters. The Balaban J connectivity index is 2.88. The topological polar surface area (TPSA) is 41.5 Å². The van der Waals surface area contributed by atoms with E-state index in [1.807, 2.05) is 20.9 Å². The average Bonchev–Trinajstić information content (AvgIpc) is 2.17. The van der Waals surface area contributed by atoms with Crippen LogP contribution in [-0.2, 0) is 6.54 Å². The molecule has 84 valence electrons. The van der Waals surface area contributed by atoms with Gasteiger partial charge in [0.25, 0.3) is 0 Å². The van der Waals surface area contributed by atoms with Crippen molar-refractivity contribution in [2.45, 2.75) is 20.4 Å². The van der Waals surface area contributed by atoms with Crippen LogP contribution in [0.15, 0.2) is 12.1 Å². The molecule has 1 rings (SSSR count). The molecule has 3 heteroatoms. The normalized spacial score (nSPS) is 10.4. The molecule has 0 saturated heterocycles. The van der Waals surface area contributed by atoms with Crippen LogP contribution in [0.3, 0.4) is 0 Å². The van der Waals surface area contributed by atoms with Gasteiger partial charge >= 0.3 is 0 Å². The highest BCUT2D eigenvalue weighted by Crippen LogP contribution is 2.24. The predicted molar refractivity (Wildman–Crippen MR) is 61.3 cm³/mol. The van der Waals surface area contributed by atoms with E-state index in [1.54, 1.807) is 0 Å². The fourth-order valence-corrected chi connectivity index (χ4v) is 1.72. The maximum Gasteiger partial charge on any atom is 0.125 e. The summed E-state index contributed by atoms with van der Waals surface area (Å²) in [7, 11) is 1.93. The SMILES string of the molecule is CNCc1cc(C)c(OCCO)c(C)c1. The van der Waals surface area contributed by atoms with Gasteiger partial charge in [-0.15, -0.1) is 0 Å². The number of aliphatic hydroxyl groups is 1. The number of benzene rings is 1. The molecular formula is C12H19NO2. The van der Waals surface area contributed by atoms with Gasteiger partial charge < -0.3 is 15.2 Å². The van der Waals surface area contributed by atoms with Crippen LogP contribution in [-0.4, -0.2) is 25.4 Å². The third-order valence-electron chi connectivity index (χ3n) is 2.24. The van der Waals surface area contributed by atoms with Crippen molar-refractivity contribution in [3.05, 3.63) is 28.8 Å². The molecule has 0 aromatic heterocycles. The second-order valence-corrected chi connectivity index (χ2v) is 3.66. The van der Waals surface area contributed by atoms with E-state index in [0.29, 0.717) is 6.61 Å². The molecule has 0 aliphatic carbocycles. The fourth-order valence-electron chi connectivity index (χ4n) is 1.72. The van der Waals surface area contributed by atoms with Crippen LogP contribution < -0.4 is 10.1 Å². The van der Waals surface area contributed by atoms with E-state index in [1.165, 1.54) is 5.56 Å². The van der Waals surface area contributed by atoms with E-state index in [0.717, 1.165) is 23.4 Å². The molecule has 0 heterocycles. The van der Waals surface area contributed by atoms with Gasteiger partial charge in [-0.05, 0) is 37.6 Å². The van der Waals surface area contributed by atoms with Gasteiger partial charge in [-0.25, -0.2) is 0 Å². The lowest BCUT2D eigenvalue weighted by Crippen LogP contribution is -2.08. The highest BCUT2D eigenvalue weighted by atomic mass is 16.5. The average molecular weight is 209 g/mol. The van der Waals surface area contributed by atoms with Crippen LogP contribution in [0.2, 0.25) is 0 Å². The van der Waals surface area contributed by atoms with E-state index in [2.05, 4.69) is 17.4 Å². The number of ether oxygens (including phenoxy) is 1. The zero-order chi connectivity index (χ0) is 11.3. The van der Waals surface area contributed by atoms with Crippen LogP contribution in [0, 0.1) is 13.8 Å². The maximum absolute atomic E-state index is 8.71. The Bertz CT molecular complexity index is 300. The van der Waals surface area contributed by atoms with Crippen LogP contribution >= 0.6 is 0 Å². The first-order valence-electron chi connectivity index (χ1n) is 5.17. The molecule has 1 aromatic carbocycles. The van der Waals surface area contributed by atoms with Gasteiger partial charge in [-0.3, -0.25) is 0 Å². The lowest BCUT2D eigenvalue weighted by molar-refractivity contribution is 0.200. The van der Waals surface area contributed by atoms with Crippen molar-refractivity contribution >= 4 is 0 Å². The van der Waals surface area contributed by atoms with Crippen molar-refractivity contribution < 1.29 is 9.84 Å². The molecule has 0 saturated carbocycles. The number of aryl methyl sites for hydroxylation is 2. The van der Waals surface area contributed by atoms with Crippen molar-refractivity contribution in [3.8, 4) is 5.75 Å². The third-order valence-corrected chi connectivity index (χ3v) is 2.24. The maximum atomic E-state index is 8.71. The van der Waals surface area contributed by atoms with Gasteiger partial charge in [0.15, 0.2) is 0 Å². The molecule has 0 radical (unpaired) electrons. The van der Waals surface area contributed by atoms with Crippen LogP contribution in [0.25, 0.3) is 0 Å². The second kappa shape index (κ2) is 5.73. The van der Waals surface area contributed by atoms with Crippen LogP contribution in [0.5, 0.6) is 5.75 Å². The summed E-state index contributed by atoms with van der Waals surface area (Å²) in [6, 6.07) is 4.21. The number of rotatable bonds is 5. The Morgan fingerprint density at radius 2 is 1.87 bits per heavy atom. The third kappa shape index (κ3) is 3.22. The van der Waals surface area contributed by atoms with E-state index in [4.69, 9.17) is 9.84 Å². The van der Waals surface area contributed by atoms with Gasteiger partial charge in [-0.2, -0.15) is 0 Å². The second-order valence-electron chi connectivity index (χ2n) is 3.66. The standard InChI is InChI=1S/C12H19NO2/c1-9-6-11(8-13-3)7-10(2)12(9)15-5-4-14/h6-7,13-14H,4-5,8H2,1-3H3. The lowest BCUT2D eigenvalue weighted by Gasteiger charge is -2.13. The highest BCUT2D eigenvalue weighted by Gasteiger charge is 2.05. The first-order chi connectivity index (χ1) is 7.19. The molecule has 0 aliphatic rings. The molecule has 0 unspecified atom stereocenters. The number of aliphatic hydroxyl groups excluding tert-OH is 1. The summed E-state index contributed by atoms with van der Waals surface area (Å²) in [5, 5.41) is 11.8. The zero-order valence-corrected chi connectivity index (χ0v) is 9.63. The fraction of sp³-hybridized carbons (Fsp3) is 0.500. The molecule has 0 spiro atoms. The smallest absolute Gasteiger partial charge is 0.125 e. The van der Waals surface area contributed by atoms with Gasteiger partial charge in [0, 0.05) is 6.54 Å². The van der Waals surface area contributed by atoms with Crippen molar-refractivity contribution in [2.24, 2.45) is 0 Å². The van der Waals surface area contributed by atoms with Gasteiger partial charge in [0.05, 0.1) is 6.61 Å². The minimum Gasteiger partial charge on any atom is -0.491 e. The van der Waals surface area contributed by atoms with E-state index >= 15 is 0 Å². The summed E-state index contributed by atoms with van der Waals surface area (Å²) < 4.78 is 5.48. The molecule has 0 fully saturated rings. The van der Waals surface area contributed by atoms with E-state index in [-0.39, 0.29) is 6.61 Å². The van der Waals surface area contributed by atoms with Crippen LogP contribution in [0.4, 0.5) is 0 Å². The lowest BCUT2D eigenvalue weighted by atomic mass is 10.1. The van der Waals surface area contributed by atoms with Gasteiger partial charge in [0.2, 0.25) is 0 Å². The molecule has 0 amide bonds. The number of hydrogen-bond acceptors (Lipinski definition) is 3. The summed E-state index contributed by atoms with van der Waals surface area (Å²) in [5.41, 5.74) is 3.49. The highest BCUT2D eigenvalue weighted by molar-refractivity contribution is 5.43. The van der Waals surface area contributed by atoms with Crippen molar-refractivity contribution in [2.75, 3.05) is 20.3 Å². The summed E-state index contributed by atoms with van der Waals surface area (Å²) in [6.07, 6.45) is 0. The zero-order valence-electron chi connectivity index (χ0n) is 9.63. The first-order valence-corrected chi connectivity index (χ1v) is 5.17. The Labute approximate surface area is 91.1 Å². The summed E-state index contributed by atoms with van der Waals surface area (Å²) in [6.45, 7) is 5.32. The Kier molecular flexibility index (Phi) is 4.59.